The molecule has 0 radical (unpaired) electrons. The Bertz CT molecular complexity index is 1160. The van der Waals surface area contributed by atoms with Crippen molar-refractivity contribution in [3.8, 4) is 5.75 Å². The Morgan fingerprint density at radius 3 is 2.06 bits per heavy atom. The van der Waals surface area contributed by atoms with E-state index in [1.54, 1.807) is 30.3 Å². The molecule has 3 rings (SSSR count). The quantitative estimate of drug-likeness (QED) is 0.192. The maximum atomic E-state index is 13.0. The fourth-order valence-electron chi connectivity index (χ4n) is 3.26. The molecule has 0 heterocycles. The zero-order valence-corrected chi connectivity index (χ0v) is 18.7. The topological polar surface area (TPSA) is 110 Å². The molecule has 0 saturated carbocycles. The van der Waals surface area contributed by atoms with Crippen molar-refractivity contribution in [2.45, 2.75) is 18.9 Å². The number of nitrogens with one attached hydrogen (secondary N) is 1. The molecule has 0 amide bonds. The first kappa shape index (κ1) is 24.3. The van der Waals surface area contributed by atoms with Crippen LogP contribution in [0.1, 0.15) is 32.7 Å². The van der Waals surface area contributed by atoms with Crippen LogP contribution in [0.15, 0.2) is 84.9 Å². The summed E-state index contributed by atoms with van der Waals surface area (Å²) in [7, 11) is -4.21. The molecule has 33 heavy (non-hydrogen) atoms. The SMILES string of the molecule is O=C(Oc1ccc(C(=O)[C@H](CCS(=O)(=O)O)NCCc2ccccc2)cc1)c1ccccc1. The van der Waals surface area contributed by atoms with Gasteiger partial charge in [-0.1, -0.05) is 48.5 Å². The Morgan fingerprint density at radius 1 is 0.848 bits per heavy atom. The van der Waals surface area contributed by atoms with E-state index in [4.69, 9.17) is 9.29 Å². The lowest BCUT2D eigenvalue weighted by molar-refractivity contribution is 0.0734. The largest absolute Gasteiger partial charge is 0.423 e. The summed E-state index contributed by atoms with van der Waals surface area (Å²) >= 11 is 0. The number of esters is 1. The first-order chi connectivity index (χ1) is 15.8. The van der Waals surface area contributed by atoms with Gasteiger partial charge >= 0.3 is 5.97 Å². The highest BCUT2D eigenvalue weighted by molar-refractivity contribution is 7.85. The van der Waals surface area contributed by atoms with Gasteiger partial charge in [0, 0.05) is 5.56 Å². The number of hydrogen-bond acceptors (Lipinski definition) is 6. The molecule has 3 aromatic rings. The van der Waals surface area contributed by atoms with Crippen molar-refractivity contribution >= 4 is 21.9 Å². The summed E-state index contributed by atoms with van der Waals surface area (Å²) in [6.07, 6.45) is 0.585. The standard InChI is InChI=1S/C25H25NO6S/c27-24(20-11-13-22(14-12-20)32-25(28)21-9-5-2-6-10-21)23(16-18-33(29,30)31)26-17-15-19-7-3-1-4-8-19/h1-14,23,26H,15-18H2,(H,29,30,31)/t23-/m0/s1. The molecule has 172 valence electrons. The van der Waals surface area contributed by atoms with Gasteiger partial charge in [0.25, 0.3) is 10.1 Å². The van der Waals surface area contributed by atoms with Crippen molar-refractivity contribution in [3.63, 3.8) is 0 Å². The lowest BCUT2D eigenvalue weighted by Gasteiger charge is -2.17. The van der Waals surface area contributed by atoms with Crippen LogP contribution in [0, 0.1) is 0 Å². The van der Waals surface area contributed by atoms with Crippen LogP contribution < -0.4 is 10.1 Å². The van der Waals surface area contributed by atoms with Crippen LogP contribution in [0.2, 0.25) is 0 Å². The normalized spacial score (nSPS) is 12.2. The molecule has 0 saturated heterocycles. The Hall–Kier alpha value is -3.33. The minimum absolute atomic E-state index is 0.0722. The van der Waals surface area contributed by atoms with Crippen molar-refractivity contribution in [2.24, 2.45) is 0 Å². The molecule has 0 aliphatic carbocycles. The molecule has 2 N–H and O–H groups in total. The zero-order chi connectivity index (χ0) is 23.7. The first-order valence-electron chi connectivity index (χ1n) is 10.5. The van der Waals surface area contributed by atoms with Crippen LogP contribution in [0.4, 0.5) is 0 Å². The first-order valence-corrected chi connectivity index (χ1v) is 12.1. The van der Waals surface area contributed by atoms with Crippen molar-refractivity contribution in [1.29, 1.82) is 0 Å². The summed E-state index contributed by atoms with van der Waals surface area (Å²) in [5.41, 5.74) is 1.82. The molecule has 7 nitrogen and oxygen atoms in total. The van der Waals surface area contributed by atoms with E-state index < -0.39 is 27.9 Å². The third kappa shape index (κ3) is 7.94. The Labute approximate surface area is 193 Å². The van der Waals surface area contributed by atoms with Gasteiger partial charge in [0.05, 0.1) is 17.4 Å². The zero-order valence-electron chi connectivity index (χ0n) is 17.9. The monoisotopic (exact) mass is 467 g/mol. The molecule has 8 heteroatoms. The maximum Gasteiger partial charge on any atom is 0.343 e. The van der Waals surface area contributed by atoms with Crippen LogP contribution in [0.3, 0.4) is 0 Å². The van der Waals surface area contributed by atoms with Crippen LogP contribution in [0.25, 0.3) is 0 Å². The van der Waals surface area contributed by atoms with Gasteiger partial charge in [0.1, 0.15) is 5.75 Å². The Kier molecular flexibility index (Phi) is 8.48. The van der Waals surface area contributed by atoms with Crippen molar-refractivity contribution < 1.29 is 27.3 Å². The van der Waals surface area contributed by atoms with Gasteiger partial charge in [-0.2, -0.15) is 8.42 Å². The van der Waals surface area contributed by atoms with E-state index in [1.165, 1.54) is 24.3 Å². The highest BCUT2D eigenvalue weighted by atomic mass is 32.2. The number of ether oxygens (including phenoxy) is 1. The van der Waals surface area contributed by atoms with Crippen molar-refractivity contribution in [1.82, 2.24) is 5.32 Å². The second kappa shape index (κ2) is 11.5. The molecule has 1 atom stereocenters. The summed E-state index contributed by atoms with van der Waals surface area (Å²) in [6, 6.07) is 23.5. The number of ketones is 1. The highest BCUT2D eigenvalue weighted by Gasteiger charge is 2.22. The molecule has 3 aromatic carbocycles. The van der Waals surface area contributed by atoms with E-state index in [2.05, 4.69) is 5.32 Å². The molecule has 0 aromatic heterocycles. The summed E-state index contributed by atoms with van der Waals surface area (Å²) in [4.78, 5) is 25.2. The predicted octanol–water partition coefficient (Wildman–Crippen LogP) is 3.57. The van der Waals surface area contributed by atoms with E-state index in [0.29, 0.717) is 24.1 Å². The van der Waals surface area contributed by atoms with E-state index in [-0.39, 0.29) is 18.0 Å². The average Bonchev–Trinajstić information content (AvgIpc) is 2.82. The number of Topliss-reactive ketones (excluding diaryl/α,β-unsaturated/α-hetero) is 1. The van der Waals surface area contributed by atoms with Crippen LogP contribution >= 0.6 is 0 Å². The lowest BCUT2D eigenvalue weighted by atomic mass is 10.0. The Balaban J connectivity index is 1.65. The van der Waals surface area contributed by atoms with Gasteiger partial charge in [0.15, 0.2) is 5.78 Å². The van der Waals surface area contributed by atoms with Gasteiger partial charge in [-0.25, -0.2) is 4.79 Å². The van der Waals surface area contributed by atoms with Gasteiger partial charge < -0.3 is 10.1 Å². The van der Waals surface area contributed by atoms with Crippen LogP contribution in [-0.4, -0.2) is 43.1 Å². The van der Waals surface area contributed by atoms with Crippen LogP contribution in [0.5, 0.6) is 5.75 Å². The maximum absolute atomic E-state index is 13.0. The Morgan fingerprint density at radius 2 is 1.45 bits per heavy atom. The van der Waals surface area contributed by atoms with E-state index in [0.717, 1.165) is 5.56 Å². The minimum atomic E-state index is -4.21. The number of hydrogen-bond donors (Lipinski definition) is 2. The van der Waals surface area contributed by atoms with Crippen molar-refractivity contribution in [2.75, 3.05) is 12.3 Å². The second-order valence-electron chi connectivity index (χ2n) is 7.46. The van der Waals surface area contributed by atoms with Gasteiger partial charge in [0.2, 0.25) is 0 Å². The summed E-state index contributed by atoms with van der Waals surface area (Å²) in [5, 5.41) is 3.10. The third-order valence-corrected chi connectivity index (χ3v) is 5.74. The molecule has 0 aliphatic heterocycles. The van der Waals surface area contributed by atoms with E-state index in [1.807, 2.05) is 30.3 Å². The summed E-state index contributed by atoms with van der Waals surface area (Å²) in [5.74, 6) is -1.07. The van der Waals surface area contributed by atoms with Gasteiger partial charge in [-0.15, -0.1) is 0 Å². The smallest absolute Gasteiger partial charge is 0.343 e. The number of carbonyl (C=O) groups excluding carboxylic acids is 2. The highest BCUT2D eigenvalue weighted by Crippen LogP contribution is 2.16. The number of benzene rings is 3. The third-order valence-electron chi connectivity index (χ3n) is 4.99. The molecular weight excluding hydrogens is 442 g/mol. The molecule has 0 bridgehead atoms. The molecule has 0 spiro atoms. The molecular formula is C25H25NO6S. The van der Waals surface area contributed by atoms with Gasteiger partial charge in [-0.3, -0.25) is 9.35 Å². The second-order valence-corrected chi connectivity index (χ2v) is 9.03. The van der Waals surface area contributed by atoms with Crippen molar-refractivity contribution in [3.05, 3.63) is 102 Å². The number of carbonyl (C=O) groups is 2. The fraction of sp³-hybridized carbons (Fsp3) is 0.200. The van der Waals surface area contributed by atoms with E-state index >= 15 is 0 Å². The predicted molar refractivity (Wildman–Crippen MR) is 125 cm³/mol. The average molecular weight is 468 g/mol. The minimum Gasteiger partial charge on any atom is -0.423 e. The fourth-order valence-corrected chi connectivity index (χ4v) is 3.79. The molecule has 0 unspecified atom stereocenters. The van der Waals surface area contributed by atoms with Gasteiger partial charge in [-0.05, 0) is 61.3 Å². The molecule has 0 aliphatic rings. The van der Waals surface area contributed by atoms with E-state index in [9.17, 15) is 18.0 Å². The lowest BCUT2D eigenvalue weighted by Crippen LogP contribution is -2.39. The number of rotatable bonds is 11. The molecule has 0 fully saturated rings. The van der Waals surface area contributed by atoms with Crippen LogP contribution in [-0.2, 0) is 16.5 Å². The summed E-state index contributed by atoms with van der Waals surface area (Å²) < 4.78 is 36.9. The summed E-state index contributed by atoms with van der Waals surface area (Å²) in [6.45, 7) is 0.457.